The van der Waals surface area contributed by atoms with Crippen molar-refractivity contribution in [2.75, 3.05) is 24.3 Å². The zero-order chi connectivity index (χ0) is 20.9. The number of anilines is 2. The number of methoxy groups -OCH3 is 2. The molecule has 1 aromatic heterocycles. The number of thiazole rings is 1. The number of aromatic nitrogens is 1. The number of ether oxygens (including phenoxy) is 2. The summed E-state index contributed by atoms with van der Waals surface area (Å²) in [6.45, 7) is 0. The Morgan fingerprint density at radius 3 is 2.48 bits per heavy atom. The molecule has 3 rings (SSSR count). The summed E-state index contributed by atoms with van der Waals surface area (Å²) in [4.78, 5) is 16.3. The van der Waals surface area contributed by atoms with Gasteiger partial charge in [0.2, 0.25) is 5.91 Å². The molecule has 8 nitrogen and oxygen atoms in total. The van der Waals surface area contributed by atoms with Crippen molar-refractivity contribution >= 4 is 38.1 Å². The first-order chi connectivity index (χ1) is 13.9. The first kappa shape index (κ1) is 20.6. The number of carbonyl (C=O) groups excluding carboxylic acids is 1. The summed E-state index contributed by atoms with van der Waals surface area (Å²) in [6.07, 6.45) is 1.61. The van der Waals surface area contributed by atoms with Gasteiger partial charge in [-0.2, -0.15) is 0 Å². The van der Waals surface area contributed by atoms with E-state index in [0.29, 0.717) is 22.7 Å². The summed E-state index contributed by atoms with van der Waals surface area (Å²) in [5.41, 5.74) is 1.19. The van der Waals surface area contributed by atoms with Gasteiger partial charge in [0.05, 0.1) is 25.5 Å². The van der Waals surface area contributed by atoms with Crippen molar-refractivity contribution in [1.29, 1.82) is 0 Å². The molecule has 3 aromatic rings. The van der Waals surface area contributed by atoms with Crippen molar-refractivity contribution < 1.29 is 22.7 Å². The van der Waals surface area contributed by atoms with Gasteiger partial charge in [-0.25, -0.2) is 13.4 Å². The predicted molar refractivity (Wildman–Crippen MR) is 111 cm³/mol. The molecule has 0 bridgehead atoms. The summed E-state index contributed by atoms with van der Waals surface area (Å²) < 4.78 is 37.5. The van der Waals surface area contributed by atoms with Crippen LogP contribution in [-0.2, 0) is 21.2 Å². The van der Waals surface area contributed by atoms with E-state index in [1.807, 2.05) is 0 Å². The van der Waals surface area contributed by atoms with Crippen LogP contribution in [-0.4, -0.2) is 33.5 Å². The Balaban J connectivity index is 1.66. The van der Waals surface area contributed by atoms with E-state index in [1.54, 1.807) is 30.7 Å². The molecule has 0 saturated carbocycles. The van der Waals surface area contributed by atoms with Gasteiger partial charge in [0, 0.05) is 28.9 Å². The quantitative estimate of drug-likeness (QED) is 0.565. The van der Waals surface area contributed by atoms with Crippen molar-refractivity contribution in [2.24, 2.45) is 0 Å². The van der Waals surface area contributed by atoms with Gasteiger partial charge in [-0.05, 0) is 30.3 Å². The van der Waals surface area contributed by atoms with Gasteiger partial charge in [0.25, 0.3) is 10.0 Å². The van der Waals surface area contributed by atoms with Gasteiger partial charge in [0.1, 0.15) is 11.5 Å². The normalized spacial score (nSPS) is 11.0. The van der Waals surface area contributed by atoms with Crippen molar-refractivity contribution in [3.63, 3.8) is 0 Å². The van der Waals surface area contributed by atoms with Gasteiger partial charge in [-0.3, -0.25) is 9.52 Å². The summed E-state index contributed by atoms with van der Waals surface area (Å²) in [5.74, 6) is 0.924. The van der Waals surface area contributed by atoms with Crippen LogP contribution in [0.4, 0.5) is 10.8 Å². The molecule has 1 heterocycles. The molecule has 0 fully saturated rings. The molecule has 0 radical (unpaired) electrons. The predicted octanol–water partition coefficient (Wildman–Crippen LogP) is 3.14. The maximum absolute atomic E-state index is 12.4. The maximum Gasteiger partial charge on any atom is 0.263 e. The molecule has 2 N–H and O–H groups in total. The lowest BCUT2D eigenvalue weighted by Gasteiger charge is -2.11. The van der Waals surface area contributed by atoms with E-state index in [-0.39, 0.29) is 22.4 Å². The van der Waals surface area contributed by atoms with E-state index in [2.05, 4.69) is 15.0 Å². The van der Waals surface area contributed by atoms with Crippen LogP contribution in [0, 0.1) is 0 Å². The third-order valence-electron chi connectivity index (χ3n) is 3.95. The third kappa shape index (κ3) is 5.24. The van der Waals surface area contributed by atoms with Crippen LogP contribution in [0.15, 0.2) is 58.9 Å². The smallest absolute Gasteiger partial charge is 0.263 e. The molecule has 0 spiro atoms. The minimum Gasteiger partial charge on any atom is -0.497 e. The van der Waals surface area contributed by atoms with Crippen molar-refractivity contribution in [1.82, 2.24) is 4.98 Å². The fourth-order valence-corrected chi connectivity index (χ4v) is 4.33. The second kappa shape index (κ2) is 8.93. The average Bonchev–Trinajstić information content (AvgIpc) is 3.21. The molecule has 2 aromatic carbocycles. The maximum atomic E-state index is 12.4. The lowest BCUT2D eigenvalue weighted by molar-refractivity contribution is -0.115. The molecule has 0 saturated heterocycles. The van der Waals surface area contributed by atoms with Gasteiger partial charge in [-0.15, -0.1) is 11.3 Å². The Hall–Kier alpha value is -3.11. The highest BCUT2D eigenvalue weighted by molar-refractivity contribution is 7.93. The van der Waals surface area contributed by atoms with E-state index < -0.39 is 10.0 Å². The highest BCUT2D eigenvalue weighted by atomic mass is 32.2. The number of hydrogen-bond acceptors (Lipinski definition) is 7. The first-order valence-corrected chi connectivity index (χ1v) is 10.8. The molecule has 152 valence electrons. The van der Waals surface area contributed by atoms with Crippen molar-refractivity contribution in [3.8, 4) is 11.5 Å². The Kier molecular flexibility index (Phi) is 6.35. The highest BCUT2D eigenvalue weighted by Gasteiger charge is 2.16. The molecule has 0 aliphatic carbocycles. The summed E-state index contributed by atoms with van der Waals surface area (Å²) in [6, 6.07) is 11.1. The fraction of sp³-hybridized carbons (Fsp3) is 0.158. The molecule has 0 aliphatic heterocycles. The number of amides is 1. The Morgan fingerprint density at radius 2 is 1.86 bits per heavy atom. The molecule has 0 aliphatic rings. The van der Waals surface area contributed by atoms with Gasteiger partial charge < -0.3 is 14.8 Å². The molecule has 0 unspecified atom stereocenters. The van der Waals surface area contributed by atoms with Gasteiger partial charge in [0.15, 0.2) is 5.13 Å². The van der Waals surface area contributed by atoms with Crippen LogP contribution < -0.4 is 19.5 Å². The second-order valence-electron chi connectivity index (χ2n) is 5.87. The zero-order valence-corrected chi connectivity index (χ0v) is 17.3. The highest BCUT2D eigenvalue weighted by Crippen LogP contribution is 2.25. The van der Waals surface area contributed by atoms with E-state index in [1.165, 1.54) is 48.9 Å². The number of sulfonamides is 1. The largest absolute Gasteiger partial charge is 0.497 e. The molecule has 29 heavy (non-hydrogen) atoms. The minimum atomic E-state index is -3.74. The van der Waals surface area contributed by atoms with Crippen LogP contribution in [0.3, 0.4) is 0 Å². The molecular formula is C19H19N3O5S2. The van der Waals surface area contributed by atoms with Crippen molar-refractivity contribution in [3.05, 3.63) is 59.6 Å². The molecule has 10 heteroatoms. The van der Waals surface area contributed by atoms with Gasteiger partial charge >= 0.3 is 0 Å². The monoisotopic (exact) mass is 433 g/mol. The van der Waals surface area contributed by atoms with Crippen LogP contribution in [0.2, 0.25) is 0 Å². The fourth-order valence-electron chi connectivity index (χ4n) is 2.54. The van der Waals surface area contributed by atoms with Crippen molar-refractivity contribution in [2.45, 2.75) is 11.3 Å². The average molecular weight is 434 g/mol. The number of carbonyl (C=O) groups is 1. The van der Waals surface area contributed by atoms with Crippen LogP contribution in [0.1, 0.15) is 5.56 Å². The first-order valence-electron chi connectivity index (χ1n) is 8.44. The van der Waals surface area contributed by atoms with Gasteiger partial charge in [-0.1, -0.05) is 6.07 Å². The topological polar surface area (TPSA) is 107 Å². The van der Waals surface area contributed by atoms with Crippen LogP contribution >= 0.6 is 11.3 Å². The lowest BCUT2D eigenvalue weighted by Crippen LogP contribution is -2.16. The summed E-state index contributed by atoms with van der Waals surface area (Å²) in [7, 11) is -0.660. The SMILES string of the molecule is COc1ccc(CC(=O)Nc2ccc(S(=O)(=O)Nc3nccs3)cc2)c(OC)c1. The van der Waals surface area contributed by atoms with Crippen LogP contribution in [0.25, 0.3) is 0 Å². The number of hydrogen-bond donors (Lipinski definition) is 2. The number of nitrogens with one attached hydrogen (secondary N) is 2. The minimum absolute atomic E-state index is 0.0718. The summed E-state index contributed by atoms with van der Waals surface area (Å²) in [5, 5.41) is 4.71. The summed E-state index contributed by atoms with van der Waals surface area (Å²) >= 11 is 1.19. The van der Waals surface area contributed by atoms with Crippen LogP contribution in [0.5, 0.6) is 11.5 Å². The van der Waals surface area contributed by atoms with E-state index >= 15 is 0 Å². The zero-order valence-electron chi connectivity index (χ0n) is 15.7. The molecular weight excluding hydrogens is 414 g/mol. The molecule has 0 atom stereocenters. The molecule has 1 amide bonds. The van der Waals surface area contributed by atoms with E-state index in [4.69, 9.17) is 9.47 Å². The standard InChI is InChI=1S/C19H19N3O5S2/c1-26-15-6-3-13(17(12-15)27-2)11-18(23)21-14-4-7-16(8-5-14)29(24,25)22-19-20-9-10-28-19/h3-10,12H,11H2,1-2H3,(H,20,22)(H,21,23). The number of benzene rings is 2. The lowest BCUT2D eigenvalue weighted by atomic mass is 10.1. The van der Waals surface area contributed by atoms with E-state index in [0.717, 1.165) is 0 Å². The number of rotatable bonds is 8. The third-order valence-corrected chi connectivity index (χ3v) is 6.12. The number of nitrogens with zero attached hydrogens (tertiary/aromatic N) is 1. The van der Waals surface area contributed by atoms with E-state index in [9.17, 15) is 13.2 Å². The second-order valence-corrected chi connectivity index (χ2v) is 8.45. The Bertz CT molecular complexity index is 1080. The Morgan fingerprint density at radius 1 is 1.10 bits per heavy atom. The Labute approximate surface area is 172 Å².